The molecule has 1 saturated carbocycles. The van der Waals surface area contributed by atoms with Gasteiger partial charge in [-0.1, -0.05) is 25.0 Å². The Morgan fingerprint density at radius 1 is 1.06 bits per heavy atom. The second kappa shape index (κ2) is 9.12. The van der Waals surface area contributed by atoms with Crippen molar-refractivity contribution in [1.82, 2.24) is 19.4 Å². The van der Waals surface area contributed by atoms with Crippen LogP contribution >= 0.6 is 0 Å². The van der Waals surface area contributed by atoms with Gasteiger partial charge in [-0.25, -0.2) is 8.42 Å². The molecule has 0 unspecified atom stereocenters. The fraction of sp³-hybridized carbons (Fsp3) is 0.565. The molecule has 31 heavy (non-hydrogen) atoms. The van der Waals surface area contributed by atoms with Gasteiger partial charge in [0.15, 0.2) is 0 Å². The molecule has 1 aliphatic heterocycles. The molecule has 2 fully saturated rings. The molecule has 1 saturated heterocycles. The zero-order chi connectivity index (χ0) is 22.0. The third kappa shape index (κ3) is 5.01. The number of carbonyl (C=O) groups is 1. The standard InChI is InChI=1S/C23H32N4O3S/c1-17-22(31(29,30)26-13-5-3-4-6-14-26)18(2)27(25-17)16-20-9-11-21(12-10-20)23(28)24-15-19-7-8-19/h9-12,19H,3-8,13-16H2,1-2H3,(H,24,28). The monoisotopic (exact) mass is 444 g/mol. The van der Waals surface area contributed by atoms with Crippen LogP contribution in [0.15, 0.2) is 29.2 Å². The largest absolute Gasteiger partial charge is 0.352 e. The number of carbonyl (C=O) groups excluding carboxylic acids is 1. The van der Waals surface area contributed by atoms with Crippen LogP contribution < -0.4 is 5.32 Å². The number of hydrogen-bond donors (Lipinski definition) is 1. The van der Waals surface area contributed by atoms with Crippen LogP contribution in [-0.2, 0) is 16.6 Å². The van der Waals surface area contributed by atoms with Gasteiger partial charge < -0.3 is 5.32 Å². The summed E-state index contributed by atoms with van der Waals surface area (Å²) in [5.74, 6) is 0.601. The van der Waals surface area contributed by atoms with Crippen LogP contribution in [0, 0.1) is 19.8 Å². The number of aromatic nitrogens is 2. The van der Waals surface area contributed by atoms with Gasteiger partial charge in [-0.2, -0.15) is 9.40 Å². The summed E-state index contributed by atoms with van der Waals surface area (Å²) in [7, 11) is -3.55. The van der Waals surface area contributed by atoms with E-state index in [4.69, 9.17) is 0 Å². The smallest absolute Gasteiger partial charge is 0.251 e. The molecule has 0 bridgehead atoms. The zero-order valence-corrected chi connectivity index (χ0v) is 19.2. The lowest BCUT2D eigenvalue weighted by atomic mass is 10.1. The summed E-state index contributed by atoms with van der Waals surface area (Å²) in [5.41, 5.74) is 2.82. The highest BCUT2D eigenvalue weighted by Crippen LogP contribution is 2.28. The first-order valence-corrected chi connectivity index (χ1v) is 12.7. The van der Waals surface area contributed by atoms with Crippen molar-refractivity contribution < 1.29 is 13.2 Å². The number of sulfonamides is 1. The predicted octanol–water partition coefficient (Wildman–Crippen LogP) is 3.25. The second-order valence-corrected chi connectivity index (χ2v) is 10.7. The Kier molecular flexibility index (Phi) is 6.48. The van der Waals surface area contributed by atoms with Crippen LogP contribution in [-0.4, -0.2) is 48.0 Å². The molecule has 7 nitrogen and oxygen atoms in total. The Morgan fingerprint density at radius 3 is 2.32 bits per heavy atom. The van der Waals surface area contributed by atoms with Crippen LogP contribution in [0.1, 0.15) is 65.8 Å². The first kappa shape index (κ1) is 22.0. The maximum atomic E-state index is 13.3. The van der Waals surface area contributed by atoms with E-state index in [1.807, 2.05) is 31.2 Å². The Morgan fingerprint density at radius 2 is 1.71 bits per heavy atom. The second-order valence-electron chi connectivity index (χ2n) is 8.83. The Balaban J connectivity index is 1.48. The third-order valence-electron chi connectivity index (χ3n) is 6.27. The lowest BCUT2D eigenvalue weighted by Crippen LogP contribution is -2.32. The van der Waals surface area contributed by atoms with Gasteiger partial charge in [-0.3, -0.25) is 9.48 Å². The predicted molar refractivity (Wildman–Crippen MR) is 120 cm³/mol. The Labute approximate surface area is 184 Å². The van der Waals surface area contributed by atoms with Gasteiger partial charge in [0.1, 0.15) is 4.90 Å². The summed E-state index contributed by atoms with van der Waals surface area (Å²) in [4.78, 5) is 12.6. The van der Waals surface area contributed by atoms with E-state index in [-0.39, 0.29) is 5.91 Å². The number of hydrogen-bond acceptors (Lipinski definition) is 4. The molecule has 0 spiro atoms. The highest BCUT2D eigenvalue weighted by atomic mass is 32.2. The summed E-state index contributed by atoms with van der Waals surface area (Å²) in [6.45, 7) is 5.96. The summed E-state index contributed by atoms with van der Waals surface area (Å²) in [6.07, 6.45) is 6.39. The van der Waals surface area contributed by atoms with Crippen molar-refractivity contribution in [1.29, 1.82) is 0 Å². The summed E-state index contributed by atoms with van der Waals surface area (Å²) in [6, 6.07) is 7.45. The van der Waals surface area contributed by atoms with Gasteiger partial charge in [-0.05, 0) is 63.1 Å². The molecular weight excluding hydrogens is 412 g/mol. The van der Waals surface area contributed by atoms with E-state index in [9.17, 15) is 13.2 Å². The number of rotatable bonds is 7. The van der Waals surface area contributed by atoms with Crippen molar-refractivity contribution in [2.24, 2.45) is 5.92 Å². The minimum Gasteiger partial charge on any atom is -0.352 e. The van der Waals surface area contributed by atoms with Crippen molar-refractivity contribution in [3.05, 3.63) is 46.8 Å². The van der Waals surface area contributed by atoms with Crippen molar-refractivity contribution in [3.63, 3.8) is 0 Å². The number of aryl methyl sites for hydroxylation is 1. The maximum absolute atomic E-state index is 13.3. The molecule has 4 rings (SSSR count). The molecule has 168 valence electrons. The van der Waals surface area contributed by atoms with E-state index in [0.717, 1.165) is 37.8 Å². The average molecular weight is 445 g/mol. The molecule has 0 radical (unpaired) electrons. The number of nitrogens with one attached hydrogen (secondary N) is 1. The van der Waals surface area contributed by atoms with Gasteiger partial charge in [0.05, 0.1) is 17.9 Å². The van der Waals surface area contributed by atoms with Crippen LogP contribution in [0.4, 0.5) is 0 Å². The van der Waals surface area contributed by atoms with Crippen LogP contribution in [0.5, 0.6) is 0 Å². The number of amides is 1. The van der Waals surface area contributed by atoms with Crippen molar-refractivity contribution in [2.45, 2.75) is 63.8 Å². The first-order valence-electron chi connectivity index (χ1n) is 11.3. The molecule has 1 amide bonds. The van der Waals surface area contributed by atoms with Gasteiger partial charge in [-0.15, -0.1) is 0 Å². The van der Waals surface area contributed by atoms with Gasteiger partial charge in [0.2, 0.25) is 10.0 Å². The van der Waals surface area contributed by atoms with Gasteiger partial charge >= 0.3 is 0 Å². The highest BCUT2D eigenvalue weighted by molar-refractivity contribution is 7.89. The SMILES string of the molecule is Cc1nn(Cc2ccc(C(=O)NCC3CC3)cc2)c(C)c1S(=O)(=O)N1CCCCCC1. The van der Waals surface area contributed by atoms with Crippen molar-refractivity contribution in [2.75, 3.05) is 19.6 Å². The molecule has 2 aromatic rings. The quantitative estimate of drug-likeness (QED) is 0.710. The lowest BCUT2D eigenvalue weighted by molar-refractivity contribution is 0.0952. The molecule has 1 aromatic carbocycles. The fourth-order valence-electron chi connectivity index (χ4n) is 4.21. The van der Waals surface area contributed by atoms with E-state index < -0.39 is 10.0 Å². The molecule has 1 aromatic heterocycles. The van der Waals surface area contributed by atoms with Crippen molar-refractivity contribution in [3.8, 4) is 0 Å². The van der Waals surface area contributed by atoms with E-state index in [2.05, 4.69) is 10.4 Å². The zero-order valence-electron chi connectivity index (χ0n) is 18.4. The molecule has 2 aliphatic rings. The highest BCUT2D eigenvalue weighted by Gasteiger charge is 2.31. The van der Waals surface area contributed by atoms with Crippen LogP contribution in [0.25, 0.3) is 0 Å². The number of nitrogens with zero attached hydrogens (tertiary/aromatic N) is 3. The minimum atomic E-state index is -3.55. The van der Waals surface area contributed by atoms with Gasteiger partial charge in [0, 0.05) is 25.2 Å². The average Bonchev–Trinajstić information content (AvgIpc) is 3.55. The first-order chi connectivity index (χ1) is 14.9. The summed E-state index contributed by atoms with van der Waals surface area (Å²) >= 11 is 0. The Hall–Kier alpha value is -2.19. The molecular formula is C23H32N4O3S. The van der Waals surface area contributed by atoms with Gasteiger partial charge in [0.25, 0.3) is 5.91 Å². The van der Waals surface area contributed by atoms with E-state index in [1.54, 1.807) is 15.9 Å². The normalized spacial score (nSPS) is 18.0. The molecule has 1 aliphatic carbocycles. The lowest BCUT2D eigenvalue weighted by Gasteiger charge is -2.20. The molecule has 2 heterocycles. The van der Waals surface area contributed by atoms with Crippen LogP contribution in [0.3, 0.4) is 0 Å². The van der Waals surface area contributed by atoms with E-state index in [1.165, 1.54) is 12.8 Å². The molecule has 8 heteroatoms. The summed E-state index contributed by atoms with van der Waals surface area (Å²) < 4.78 is 30.0. The molecule has 0 atom stereocenters. The number of benzene rings is 1. The van der Waals surface area contributed by atoms with E-state index in [0.29, 0.717) is 47.4 Å². The third-order valence-corrected chi connectivity index (χ3v) is 8.43. The van der Waals surface area contributed by atoms with E-state index >= 15 is 0 Å². The topological polar surface area (TPSA) is 84.3 Å². The van der Waals surface area contributed by atoms with Crippen LogP contribution in [0.2, 0.25) is 0 Å². The van der Waals surface area contributed by atoms with Crippen molar-refractivity contribution >= 4 is 15.9 Å². The summed E-state index contributed by atoms with van der Waals surface area (Å²) in [5, 5.41) is 7.51. The Bertz CT molecular complexity index is 1030. The fourth-order valence-corrected chi connectivity index (χ4v) is 6.10. The minimum absolute atomic E-state index is 0.0459. The maximum Gasteiger partial charge on any atom is 0.251 e. The molecule has 1 N–H and O–H groups in total.